The van der Waals surface area contributed by atoms with Crippen LogP contribution in [0.4, 0.5) is 5.69 Å². The molecule has 0 amide bonds. The number of nitrogens with one attached hydrogen (secondary N) is 3. The van der Waals surface area contributed by atoms with Gasteiger partial charge in [-0.25, -0.2) is 0 Å². The summed E-state index contributed by atoms with van der Waals surface area (Å²) in [5, 5.41) is 12.4. The van der Waals surface area contributed by atoms with Crippen molar-refractivity contribution in [3.63, 3.8) is 0 Å². The van der Waals surface area contributed by atoms with Crippen LogP contribution < -0.4 is 16.0 Å². The van der Waals surface area contributed by atoms with Gasteiger partial charge in [0.2, 0.25) is 0 Å². The molecule has 25 heavy (non-hydrogen) atoms. The quantitative estimate of drug-likeness (QED) is 0.587. The average Bonchev–Trinajstić information content (AvgIpc) is 3.19. The Morgan fingerprint density at radius 2 is 1.00 bits per heavy atom. The topological polar surface area (TPSA) is 36.1 Å². The first-order valence-electron chi connectivity index (χ1n) is 9.10. The standard InChI is InChI=1S/C10H8.C8H9N.C4H10N2/c1-2-6-10-8-4-3-7-9(10)5-1;1-2-4-8-7(3-1)5-6-9-8;1-2-6-4-3-5-1/h1-8H;1-4,9H,5-6H2;5-6H,1-4H2. The molecule has 3 heteroatoms. The number of rotatable bonds is 0. The Labute approximate surface area is 150 Å². The fourth-order valence-corrected chi connectivity index (χ4v) is 2.98. The molecule has 5 rings (SSSR count). The molecule has 0 atom stereocenters. The molecule has 1 saturated heterocycles. The zero-order valence-corrected chi connectivity index (χ0v) is 14.7. The molecule has 0 spiro atoms. The molecular formula is C22H27N3. The summed E-state index contributed by atoms with van der Waals surface area (Å²) in [6.45, 7) is 5.67. The van der Waals surface area contributed by atoms with Crippen LogP contribution in [-0.2, 0) is 6.42 Å². The monoisotopic (exact) mass is 333 g/mol. The first kappa shape index (κ1) is 17.5. The molecule has 0 aromatic heterocycles. The van der Waals surface area contributed by atoms with Gasteiger partial charge in [-0.1, -0.05) is 66.7 Å². The summed E-state index contributed by atoms with van der Waals surface area (Å²) in [5.41, 5.74) is 2.77. The third-order valence-corrected chi connectivity index (χ3v) is 4.34. The molecule has 3 N–H and O–H groups in total. The van der Waals surface area contributed by atoms with Crippen molar-refractivity contribution < 1.29 is 0 Å². The van der Waals surface area contributed by atoms with Crippen LogP contribution in [0, 0.1) is 0 Å². The Morgan fingerprint density at radius 3 is 1.48 bits per heavy atom. The summed E-state index contributed by atoms with van der Waals surface area (Å²) in [6, 6.07) is 25.2. The van der Waals surface area contributed by atoms with E-state index in [1.165, 1.54) is 28.4 Å². The first-order valence-corrected chi connectivity index (χ1v) is 9.10. The summed E-state index contributed by atoms with van der Waals surface area (Å²) in [6.07, 6.45) is 1.19. The minimum Gasteiger partial charge on any atom is -0.384 e. The van der Waals surface area contributed by atoms with Crippen LogP contribution in [0.5, 0.6) is 0 Å². The van der Waals surface area contributed by atoms with Gasteiger partial charge in [-0.15, -0.1) is 0 Å². The molecule has 1 fully saturated rings. The van der Waals surface area contributed by atoms with Crippen LogP contribution in [0.2, 0.25) is 0 Å². The summed E-state index contributed by atoms with van der Waals surface area (Å²) in [7, 11) is 0. The van der Waals surface area contributed by atoms with Gasteiger partial charge in [-0.05, 0) is 28.8 Å². The van der Waals surface area contributed by atoms with E-state index in [1.54, 1.807) is 0 Å². The van der Waals surface area contributed by atoms with Crippen molar-refractivity contribution in [2.24, 2.45) is 0 Å². The highest BCUT2D eigenvalue weighted by molar-refractivity contribution is 5.82. The summed E-state index contributed by atoms with van der Waals surface area (Å²) in [5.74, 6) is 0. The fraction of sp³-hybridized carbons (Fsp3) is 0.273. The van der Waals surface area contributed by atoms with Gasteiger partial charge in [0.15, 0.2) is 0 Å². The van der Waals surface area contributed by atoms with E-state index in [1.807, 2.05) is 0 Å². The Bertz CT molecular complexity index is 666. The third kappa shape index (κ3) is 5.59. The Hall–Kier alpha value is -2.36. The second-order valence-electron chi connectivity index (χ2n) is 6.18. The van der Waals surface area contributed by atoms with Crippen LogP contribution in [0.25, 0.3) is 10.8 Å². The van der Waals surface area contributed by atoms with Gasteiger partial charge in [0.05, 0.1) is 0 Å². The number of hydrogen-bond donors (Lipinski definition) is 3. The Balaban J connectivity index is 0.000000113. The number of piperazine rings is 1. The molecule has 3 aromatic rings. The van der Waals surface area contributed by atoms with Crippen molar-refractivity contribution in [2.75, 3.05) is 38.0 Å². The van der Waals surface area contributed by atoms with Crippen LogP contribution in [0.1, 0.15) is 5.56 Å². The number of para-hydroxylation sites is 1. The predicted molar refractivity (Wildman–Crippen MR) is 108 cm³/mol. The molecule has 0 bridgehead atoms. The molecule has 0 saturated carbocycles. The van der Waals surface area contributed by atoms with E-state index in [0.717, 1.165) is 32.7 Å². The van der Waals surface area contributed by atoms with Gasteiger partial charge < -0.3 is 16.0 Å². The zero-order chi connectivity index (χ0) is 17.2. The molecule has 130 valence electrons. The van der Waals surface area contributed by atoms with Gasteiger partial charge in [-0.2, -0.15) is 0 Å². The number of fused-ring (bicyclic) bond motifs is 2. The van der Waals surface area contributed by atoms with Crippen LogP contribution >= 0.6 is 0 Å². The van der Waals surface area contributed by atoms with Crippen molar-refractivity contribution in [3.8, 4) is 0 Å². The van der Waals surface area contributed by atoms with Crippen molar-refractivity contribution in [3.05, 3.63) is 78.4 Å². The number of anilines is 1. The summed E-state index contributed by atoms with van der Waals surface area (Å²) in [4.78, 5) is 0. The van der Waals surface area contributed by atoms with E-state index < -0.39 is 0 Å². The number of benzene rings is 3. The van der Waals surface area contributed by atoms with Crippen molar-refractivity contribution >= 4 is 16.5 Å². The van der Waals surface area contributed by atoms with E-state index in [0.29, 0.717) is 0 Å². The normalized spacial score (nSPS) is 15.0. The second kappa shape index (κ2) is 9.82. The first-order chi connectivity index (χ1) is 12.4. The summed E-state index contributed by atoms with van der Waals surface area (Å²) >= 11 is 0. The van der Waals surface area contributed by atoms with E-state index in [2.05, 4.69) is 88.7 Å². The maximum absolute atomic E-state index is 3.30. The molecule has 3 nitrogen and oxygen atoms in total. The molecule has 2 heterocycles. The lowest BCUT2D eigenvalue weighted by Gasteiger charge is -2.11. The van der Waals surface area contributed by atoms with Crippen molar-refractivity contribution in [1.82, 2.24) is 10.6 Å². The average molecular weight is 333 g/mol. The van der Waals surface area contributed by atoms with Gasteiger partial charge in [0, 0.05) is 38.4 Å². The van der Waals surface area contributed by atoms with Crippen LogP contribution in [-0.4, -0.2) is 32.7 Å². The fourth-order valence-electron chi connectivity index (χ4n) is 2.98. The van der Waals surface area contributed by atoms with Gasteiger partial charge in [0.1, 0.15) is 0 Å². The van der Waals surface area contributed by atoms with Crippen molar-refractivity contribution in [1.29, 1.82) is 0 Å². The second-order valence-corrected chi connectivity index (χ2v) is 6.18. The summed E-state index contributed by atoms with van der Waals surface area (Å²) < 4.78 is 0. The minimum atomic E-state index is 1.11. The van der Waals surface area contributed by atoms with E-state index in [-0.39, 0.29) is 0 Å². The molecule has 2 aliphatic heterocycles. The van der Waals surface area contributed by atoms with E-state index in [4.69, 9.17) is 0 Å². The molecule has 3 aromatic carbocycles. The highest BCUT2D eigenvalue weighted by Crippen LogP contribution is 2.19. The van der Waals surface area contributed by atoms with E-state index in [9.17, 15) is 0 Å². The molecule has 0 radical (unpaired) electrons. The van der Waals surface area contributed by atoms with Crippen LogP contribution in [0.15, 0.2) is 72.8 Å². The Morgan fingerprint density at radius 1 is 0.520 bits per heavy atom. The predicted octanol–water partition coefficient (Wildman–Crippen LogP) is 3.67. The highest BCUT2D eigenvalue weighted by Gasteiger charge is 2.05. The zero-order valence-electron chi connectivity index (χ0n) is 14.7. The van der Waals surface area contributed by atoms with Crippen LogP contribution in [0.3, 0.4) is 0 Å². The van der Waals surface area contributed by atoms with Crippen molar-refractivity contribution in [2.45, 2.75) is 6.42 Å². The highest BCUT2D eigenvalue weighted by atomic mass is 15.0. The maximum Gasteiger partial charge on any atom is 0.0373 e. The molecule has 2 aliphatic rings. The van der Waals surface area contributed by atoms with Gasteiger partial charge >= 0.3 is 0 Å². The van der Waals surface area contributed by atoms with Gasteiger partial charge in [-0.3, -0.25) is 0 Å². The Kier molecular flexibility index (Phi) is 6.86. The number of hydrogen-bond acceptors (Lipinski definition) is 3. The lowest BCUT2D eigenvalue weighted by Crippen LogP contribution is -2.39. The smallest absolute Gasteiger partial charge is 0.0373 e. The lowest BCUT2D eigenvalue weighted by molar-refractivity contribution is 0.534. The lowest BCUT2D eigenvalue weighted by atomic mass is 10.1. The molecular weight excluding hydrogens is 306 g/mol. The SMILES string of the molecule is C1CNCCN1.c1ccc2c(c1)CCN2.c1ccc2ccccc2c1. The van der Waals surface area contributed by atoms with E-state index >= 15 is 0 Å². The molecule has 0 unspecified atom stereocenters. The third-order valence-electron chi connectivity index (χ3n) is 4.34. The van der Waals surface area contributed by atoms with Gasteiger partial charge in [0.25, 0.3) is 0 Å². The minimum absolute atomic E-state index is 1.11. The largest absolute Gasteiger partial charge is 0.384 e. The molecule has 0 aliphatic carbocycles. The maximum atomic E-state index is 3.30.